The molecule has 2 aliphatic rings. The van der Waals surface area contributed by atoms with E-state index in [1.165, 1.54) is 12.3 Å². The topological polar surface area (TPSA) is 194 Å². The van der Waals surface area contributed by atoms with Gasteiger partial charge in [0.05, 0.1) is 74.1 Å². The minimum absolute atomic E-state index is 0.0223. The number of alkyl halides is 6. The Morgan fingerprint density at radius 3 is 2.15 bits per heavy atom. The SMILES string of the molecule is CC(C)Oc1cc(-n2nc(C(C)(C)C)oc2=O)c(Cl)cc1Cl.CC1COc2ccccc2N1C(=O)C(Cl)Cl.CCc1cccc(C)c1N(C(=O)CCl)C(C)COC.CS(=O)(=O)c1cc(C(F)(F)F)ccc1C(=O)c1cnoc1C1CC1. The molecule has 81 heavy (non-hydrogen) atoms. The average Bonchev–Trinajstić information content (AvgIpc) is 4.15. The van der Waals surface area contributed by atoms with Gasteiger partial charge in [-0.2, -0.15) is 17.9 Å². The van der Waals surface area contributed by atoms with Crippen molar-refractivity contribution in [3.8, 4) is 17.2 Å². The zero-order chi connectivity index (χ0) is 60.5. The predicted octanol–water partition coefficient (Wildman–Crippen LogP) is 13.2. The highest BCUT2D eigenvalue weighted by atomic mass is 35.5. The molecular formula is C56H63Cl5F3N5O11S. The van der Waals surface area contributed by atoms with Crippen LogP contribution in [-0.4, -0.2) is 96.4 Å². The molecule has 1 saturated carbocycles. The van der Waals surface area contributed by atoms with Gasteiger partial charge in [-0.3, -0.25) is 14.4 Å². The smallest absolute Gasteiger partial charge is 0.442 e. The Bertz CT molecular complexity index is 3360. The number of halogens is 8. The van der Waals surface area contributed by atoms with Gasteiger partial charge < -0.3 is 33.0 Å². The average molecular weight is 1250 g/mol. The molecule has 0 saturated heterocycles. The number of aryl methyl sites for hydroxylation is 2. The largest absolute Gasteiger partial charge is 0.489 e. The van der Waals surface area contributed by atoms with Gasteiger partial charge in [0.2, 0.25) is 11.8 Å². The Balaban J connectivity index is 0.000000200. The van der Waals surface area contributed by atoms with Gasteiger partial charge in [0.25, 0.3) is 5.91 Å². The van der Waals surface area contributed by atoms with Crippen LogP contribution in [0.25, 0.3) is 5.69 Å². The van der Waals surface area contributed by atoms with E-state index >= 15 is 0 Å². The summed E-state index contributed by atoms with van der Waals surface area (Å²) in [6.07, 6.45) is -0.331. The van der Waals surface area contributed by atoms with Gasteiger partial charge in [-0.05, 0) is 101 Å². The van der Waals surface area contributed by atoms with Gasteiger partial charge in [0, 0.05) is 36.3 Å². The minimum atomic E-state index is -4.71. The number of hydrogen-bond acceptors (Lipinski definition) is 13. The normalized spacial score (nSPS) is 14.5. The summed E-state index contributed by atoms with van der Waals surface area (Å²) in [7, 11) is -2.40. The summed E-state index contributed by atoms with van der Waals surface area (Å²) in [5, 5.41) is 8.43. The first-order valence-corrected chi connectivity index (χ1v) is 29.4. The summed E-state index contributed by atoms with van der Waals surface area (Å²) in [4.78, 5) is 50.4. The number of para-hydroxylation sites is 3. The number of ether oxygens (including phenoxy) is 3. The van der Waals surface area contributed by atoms with Crippen molar-refractivity contribution in [2.24, 2.45) is 0 Å². The van der Waals surface area contributed by atoms with E-state index in [4.69, 9.17) is 81.2 Å². The third kappa shape index (κ3) is 17.0. The molecule has 2 unspecified atom stereocenters. The lowest BCUT2D eigenvalue weighted by Crippen LogP contribution is -2.47. The summed E-state index contributed by atoms with van der Waals surface area (Å²) < 4.78 is 89.9. The van der Waals surface area contributed by atoms with E-state index < -0.39 is 42.8 Å². The van der Waals surface area contributed by atoms with Gasteiger partial charge in [-0.15, -0.1) is 16.7 Å². The molecule has 8 rings (SSSR count). The molecule has 1 fully saturated rings. The lowest BCUT2D eigenvalue weighted by molar-refractivity contribution is -0.137. The van der Waals surface area contributed by atoms with Crippen LogP contribution in [0.1, 0.15) is 118 Å². The summed E-state index contributed by atoms with van der Waals surface area (Å²) in [6, 6.07) is 18.5. The molecule has 4 aromatic carbocycles. The van der Waals surface area contributed by atoms with Crippen LogP contribution in [0.15, 0.2) is 97.6 Å². The molecule has 1 aliphatic heterocycles. The van der Waals surface area contributed by atoms with Gasteiger partial charge >= 0.3 is 11.9 Å². The number of carbonyl (C=O) groups excluding carboxylic acids is 3. The standard InChI is InChI=1S/C15H18Cl2N2O3.C15H22ClNO2.C15H12F3NO4S.C11H11Cl2NO2/c1-8(2)21-12-7-11(9(16)6-10(12)17)19-14(20)22-13(18-19)15(3,4)5;1-5-13-8-6-7-11(2)15(13)17(14(18)9-16)12(3)10-19-4;1-24(21,22)12-6-9(15(16,17)18)4-5-10(12)13(20)11-7-19-23-14(11)8-2-3-8;1-7-6-16-9-5-3-2-4-8(9)14(7)11(15)10(12)13/h6-8H,1-5H3;6-8,12H,5,9-10H2,1-4H3;4-8H,2-3H2,1H3;2-5,7,10H,6H2,1H3. The first kappa shape index (κ1) is 66.2. The van der Waals surface area contributed by atoms with Gasteiger partial charge in [0.15, 0.2) is 26.2 Å². The molecule has 25 heteroatoms. The molecule has 2 aromatic heterocycles. The summed E-state index contributed by atoms with van der Waals surface area (Å²) in [5.41, 5.74) is 2.54. The molecule has 6 aromatic rings. The fourth-order valence-electron chi connectivity index (χ4n) is 8.22. The van der Waals surface area contributed by atoms with Crippen LogP contribution in [0.2, 0.25) is 10.0 Å². The molecule has 0 bridgehead atoms. The second-order valence-electron chi connectivity index (χ2n) is 20.2. The highest BCUT2D eigenvalue weighted by Crippen LogP contribution is 2.43. The van der Waals surface area contributed by atoms with Crippen LogP contribution in [-0.2, 0) is 42.2 Å². The van der Waals surface area contributed by atoms with Crippen LogP contribution < -0.4 is 25.0 Å². The Morgan fingerprint density at radius 2 is 1.59 bits per heavy atom. The van der Waals surface area contributed by atoms with Crippen LogP contribution in [0.5, 0.6) is 11.5 Å². The highest BCUT2D eigenvalue weighted by Gasteiger charge is 2.37. The maximum absolute atomic E-state index is 12.8. The second-order valence-corrected chi connectivity index (χ2v) is 24.4. The number of sulfone groups is 1. The molecule has 3 heterocycles. The van der Waals surface area contributed by atoms with E-state index in [1.54, 1.807) is 23.0 Å². The van der Waals surface area contributed by atoms with E-state index in [9.17, 15) is 40.8 Å². The van der Waals surface area contributed by atoms with Crippen molar-refractivity contribution in [3.05, 3.63) is 139 Å². The molecule has 440 valence electrons. The van der Waals surface area contributed by atoms with E-state index in [2.05, 4.69) is 23.2 Å². The predicted molar refractivity (Wildman–Crippen MR) is 308 cm³/mol. The first-order valence-electron chi connectivity index (χ1n) is 25.3. The van der Waals surface area contributed by atoms with Crippen LogP contribution in [0.4, 0.5) is 24.5 Å². The van der Waals surface area contributed by atoms with Crippen LogP contribution in [0, 0.1) is 6.92 Å². The number of ketones is 1. The molecule has 0 radical (unpaired) electrons. The summed E-state index contributed by atoms with van der Waals surface area (Å²) in [5.74, 6) is 0.0904. The number of hydrogen-bond donors (Lipinski definition) is 0. The van der Waals surface area contributed by atoms with E-state index in [0.717, 1.165) is 58.8 Å². The molecule has 2 atom stereocenters. The van der Waals surface area contributed by atoms with Gasteiger partial charge in [0.1, 0.15) is 24.0 Å². The fraction of sp³-hybridized carbons (Fsp3) is 0.429. The number of anilines is 2. The second kappa shape index (κ2) is 28.1. The fourth-order valence-corrected chi connectivity index (χ4v) is 9.97. The van der Waals surface area contributed by atoms with E-state index in [0.29, 0.717) is 59.2 Å². The zero-order valence-electron chi connectivity index (χ0n) is 46.3. The molecule has 1 aliphatic carbocycles. The number of nitrogens with zero attached hydrogens (tertiary/aromatic N) is 5. The quantitative estimate of drug-likeness (QED) is 0.0739. The van der Waals surface area contributed by atoms with E-state index in [-0.39, 0.29) is 63.4 Å². The van der Waals surface area contributed by atoms with Crippen molar-refractivity contribution in [3.63, 3.8) is 0 Å². The molecule has 0 spiro atoms. The van der Waals surface area contributed by atoms with E-state index in [1.807, 2.05) is 91.8 Å². The summed E-state index contributed by atoms with van der Waals surface area (Å²) in [6.45, 7) is 18.4. The maximum Gasteiger partial charge on any atom is 0.442 e. The zero-order valence-corrected chi connectivity index (χ0v) is 50.9. The summed E-state index contributed by atoms with van der Waals surface area (Å²) >= 11 is 29.3. The molecular weight excluding hydrogens is 1180 g/mol. The van der Waals surface area contributed by atoms with Crippen molar-refractivity contribution in [2.45, 2.75) is 127 Å². The molecule has 2 amide bonds. The molecule has 0 N–H and O–H groups in total. The van der Waals surface area contributed by atoms with Crippen molar-refractivity contribution >= 4 is 96.8 Å². The van der Waals surface area contributed by atoms with Crippen LogP contribution in [0.3, 0.4) is 0 Å². The number of methoxy groups -OCH3 is 1. The highest BCUT2D eigenvalue weighted by molar-refractivity contribution is 7.90. The number of fused-ring (bicyclic) bond motifs is 1. The Morgan fingerprint density at radius 1 is 0.926 bits per heavy atom. The Hall–Kier alpha value is -5.61. The first-order chi connectivity index (χ1) is 37.8. The van der Waals surface area contributed by atoms with Crippen LogP contribution >= 0.6 is 58.0 Å². The number of rotatable bonds is 14. The minimum Gasteiger partial charge on any atom is -0.489 e. The third-order valence-electron chi connectivity index (χ3n) is 12.2. The Labute approximate surface area is 493 Å². The van der Waals surface area contributed by atoms with Crippen molar-refractivity contribution < 1.29 is 59.1 Å². The number of benzene rings is 4. The molecule has 16 nitrogen and oxygen atoms in total. The van der Waals surface area contributed by atoms with Gasteiger partial charge in [-0.1, -0.05) is 110 Å². The monoisotopic (exact) mass is 1250 g/mol. The van der Waals surface area contributed by atoms with Crippen molar-refractivity contribution in [1.29, 1.82) is 0 Å². The van der Waals surface area contributed by atoms with Crippen molar-refractivity contribution in [2.75, 3.05) is 42.3 Å². The number of carbonyl (C=O) groups is 3. The van der Waals surface area contributed by atoms with Gasteiger partial charge in [-0.25, -0.2) is 13.2 Å². The lowest BCUT2D eigenvalue weighted by Gasteiger charge is -2.35. The lowest BCUT2D eigenvalue weighted by atomic mass is 9.97. The number of amides is 2. The van der Waals surface area contributed by atoms with Crippen molar-refractivity contribution in [1.82, 2.24) is 14.9 Å². The number of aromatic nitrogens is 3. The third-order valence-corrected chi connectivity index (χ3v) is 14.5. The maximum atomic E-state index is 12.8. The Kier molecular flexibility index (Phi) is 23.0.